The zero-order valence-electron chi connectivity index (χ0n) is 25.0. The number of hydrogen-bond donors (Lipinski definition) is 3. The van der Waals surface area contributed by atoms with Gasteiger partial charge in [-0.25, -0.2) is 0 Å². The SMILES string of the molecule is O=C(N[C@@H]1CC[C@H]2CCOc3ccccc3C(=O)N3CCN(Cc4ccccc4O)C[C@H]3C(=O)NC[C@H]1O2)C1CCOCC1. The van der Waals surface area contributed by atoms with E-state index in [-0.39, 0.29) is 48.1 Å². The van der Waals surface area contributed by atoms with Crippen molar-refractivity contribution in [3.8, 4) is 11.5 Å². The summed E-state index contributed by atoms with van der Waals surface area (Å²) in [6.45, 7) is 3.39. The Hall–Kier alpha value is -3.67. The summed E-state index contributed by atoms with van der Waals surface area (Å²) in [7, 11) is 0. The fraction of sp³-hybridized carbons (Fsp3) is 0.545. The Labute approximate surface area is 257 Å². The molecule has 6 rings (SSSR count). The monoisotopic (exact) mass is 606 g/mol. The molecule has 11 nitrogen and oxygen atoms in total. The number of para-hydroxylation sites is 2. The first-order chi connectivity index (χ1) is 21.5. The highest BCUT2D eigenvalue weighted by molar-refractivity contribution is 6.00. The highest BCUT2D eigenvalue weighted by atomic mass is 16.5. The molecule has 0 spiro atoms. The Morgan fingerprint density at radius 1 is 0.955 bits per heavy atom. The lowest BCUT2D eigenvalue weighted by molar-refractivity contribution is -0.134. The number of benzene rings is 2. The van der Waals surface area contributed by atoms with Gasteiger partial charge in [-0.2, -0.15) is 0 Å². The third kappa shape index (κ3) is 7.00. The standard InChI is InChI=1S/C33H42N4O7/c38-28-7-3-1-5-23(28)20-36-14-15-37-27(21-36)32(40)34-19-30-26(35-31(39)22-11-16-42-17-12-22)10-9-24(44-30)13-18-43-29-8-4-2-6-25(29)33(37)41/h1-8,22,24,26-27,30,38H,9-21H2,(H,34,40)(H,35,39)/t24-,26+,27-,30+/m0/s1. The fourth-order valence-electron chi connectivity index (χ4n) is 6.67. The van der Waals surface area contributed by atoms with Crippen LogP contribution in [0.2, 0.25) is 0 Å². The topological polar surface area (TPSA) is 130 Å². The minimum atomic E-state index is -0.771. The van der Waals surface area contributed by atoms with Gasteiger partial charge in [0.2, 0.25) is 11.8 Å². The number of aromatic hydroxyl groups is 1. The van der Waals surface area contributed by atoms with Gasteiger partial charge in [0.25, 0.3) is 5.91 Å². The van der Waals surface area contributed by atoms with E-state index < -0.39 is 12.1 Å². The highest BCUT2D eigenvalue weighted by Gasteiger charge is 2.39. The largest absolute Gasteiger partial charge is 0.508 e. The smallest absolute Gasteiger partial charge is 0.258 e. The average Bonchev–Trinajstić information content (AvgIpc) is 3.05. The molecular weight excluding hydrogens is 564 g/mol. The maximum Gasteiger partial charge on any atom is 0.258 e. The van der Waals surface area contributed by atoms with Gasteiger partial charge in [-0.15, -0.1) is 0 Å². The van der Waals surface area contributed by atoms with Crippen molar-refractivity contribution in [2.24, 2.45) is 5.92 Å². The summed E-state index contributed by atoms with van der Waals surface area (Å²) in [5, 5.41) is 16.6. The lowest BCUT2D eigenvalue weighted by Gasteiger charge is -2.42. The van der Waals surface area contributed by atoms with Crippen LogP contribution in [0, 0.1) is 5.92 Å². The van der Waals surface area contributed by atoms with Gasteiger partial charge in [-0.05, 0) is 43.9 Å². The quantitative estimate of drug-likeness (QED) is 0.483. The number of rotatable bonds is 4. The van der Waals surface area contributed by atoms with E-state index >= 15 is 0 Å². The van der Waals surface area contributed by atoms with Gasteiger partial charge in [0, 0.05) is 63.8 Å². The fourth-order valence-corrected chi connectivity index (χ4v) is 6.67. The maximum absolute atomic E-state index is 14.0. The number of ether oxygens (including phenoxy) is 3. The van der Waals surface area contributed by atoms with Crippen molar-refractivity contribution in [2.75, 3.05) is 46.0 Å². The molecule has 0 aromatic heterocycles. The van der Waals surface area contributed by atoms with Crippen molar-refractivity contribution in [3.05, 3.63) is 59.7 Å². The zero-order valence-corrected chi connectivity index (χ0v) is 25.0. The number of carbonyl (C=O) groups is 3. The van der Waals surface area contributed by atoms with E-state index in [0.29, 0.717) is 76.6 Å². The van der Waals surface area contributed by atoms with Gasteiger partial charge in [0.15, 0.2) is 0 Å². The molecule has 0 aliphatic carbocycles. The number of phenolic OH excluding ortho intramolecular Hbond substituents is 1. The Balaban J connectivity index is 1.23. The summed E-state index contributed by atoms with van der Waals surface area (Å²) in [6, 6.07) is 13.3. The van der Waals surface area contributed by atoms with E-state index in [4.69, 9.17) is 14.2 Å². The second-order valence-electron chi connectivity index (χ2n) is 12.1. The molecule has 2 aromatic rings. The predicted octanol–water partition coefficient (Wildman–Crippen LogP) is 2.08. The third-order valence-electron chi connectivity index (χ3n) is 9.24. The number of fused-ring (bicyclic) bond motifs is 4. The molecular formula is C33H42N4O7. The van der Waals surface area contributed by atoms with Crippen LogP contribution in [0.5, 0.6) is 11.5 Å². The van der Waals surface area contributed by atoms with Gasteiger partial charge in [0.05, 0.1) is 30.4 Å². The van der Waals surface area contributed by atoms with Crippen LogP contribution in [-0.2, 0) is 25.6 Å². The molecule has 0 saturated carbocycles. The molecule has 11 heteroatoms. The van der Waals surface area contributed by atoms with Crippen LogP contribution in [0.1, 0.15) is 48.0 Å². The number of nitrogens with zero attached hydrogens (tertiary/aromatic N) is 2. The van der Waals surface area contributed by atoms with E-state index in [1.54, 1.807) is 35.2 Å². The summed E-state index contributed by atoms with van der Waals surface area (Å²) in [5.74, 6) is 0.0774. The minimum absolute atomic E-state index is 0.00915. The van der Waals surface area contributed by atoms with Crippen LogP contribution < -0.4 is 15.4 Å². The first-order valence-electron chi connectivity index (χ1n) is 15.8. The average molecular weight is 607 g/mol. The predicted molar refractivity (Wildman–Crippen MR) is 161 cm³/mol. The zero-order chi connectivity index (χ0) is 30.5. The normalized spacial score (nSPS) is 27.2. The Kier molecular flexibility index (Phi) is 9.63. The van der Waals surface area contributed by atoms with Gasteiger partial charge in [-0.3, -0.25) is 19.3 Å². The molecule has 0 unspecified atom stereocenters. The third-order valence-corrected chi connectivity index (χ3v) is 9.24. The van der Waals surface area contributed by atoms with Gasteiger partial charge in [-0.1, -0.05) is 30.3 Å². The molecule has 3 fully saturated rings. The number of nitrogens with one attached hydrogen (secondary N) is 2. The van der Waals surface area contributed by atoms with Crippen molar-refractivity contribution in [1.29, 1.82) is 0 Å². The molecule has 3 saturated heterocycles. The molecule has 4 aliphatic rings. The second-order valence-corrected chi connectivity index (χ2v) is 12.1. The number of phenols is 1. The second kappa shape index (κ2) is 14.0. The Morgan fingerprint density at radius 3 is 2.59 bits per heavy atom. The summed E-state index contributed by atoms with van der Waals surface area (Å²) in [5.41, 5.74) is 1.19. The summed E-state index contributed by atoms with van der Waals surface area (Å²) < 4.78 is 18.0. The molecule has 4 aliphatic heterocycles. The van der Waals surface area contributed by atoms with Crippen molar-refractivity contribution < 1.29 is 33.7 Å². The highest BCUT2D eigenvalue weighted by Crippen LogP contribution is 2.28. The molecule has 4 heterocycles. The summed E-state index contributed by atoms with van der Waals surface area (Å²) >= 11 is 0. The molecule has 236 valence electrons. The van der Waals surface area contributed by atoms with Crippen molar-refractivity contribution in [1.82, 2.24) is 20.4 Å². The molecule has 2 aromatic carbocycles. The molecule has 3 N–H and O–H groups in total. The maximum atomic E-state index is 14.0. The summed E-state index contributed by atoms with van der Waals surface area (Å²) in [6.07, 6.45) is 3.00. The first-order valence-corrected chi connectivity index (χ1v) is 15.8. The van der Waals surface area contributed by atoms with Gasteiger partial charge in [0.1, 0.15) is 17.5 Å². The van der Waals surface area contributed by atoms with E-state index in [9.17, 15) is 19.5 Å². The van der Waals surface area contributed by atoms with Crippen LogP contribution >= 0.6 is 0 Å². The molecule has 2 bridgehead atoms. The van der Waals surface area contributed by atoms with Crippen molar-refractivity contribution in [3.63, 3.8) is 0 Å². The lowest BCUT2D eigenvalue weighted by Crippen LogP contribution is -2.62. The summed E-state index contributed by atoms with van der Waals surface area (Å²) in [4.78, 5) is 44.7. The molecule has 44 heavy (non-hydrogen) atoms. The Morgan fingerprint density at radius 2 is 1.75 bits per heavy atom. The van der Waals surface area contributed by atoms with Gasteiger partial charge >= 0.3 is 0 Å². The number of carbonyl (C=O) groups excluding carboxylic acids is 3. The van der Waals surface area contributed by atoms with Gasteiger partial charge < -0.3 is 34.9 Å². The number of amides is 3. The first kappa shape index (κ1) is 30.4. The molecule has 4 atom stereocenters. The van der Waals surface area contributed by atoms with Crippen LogP contribution in [0.25, 0.3) is 0 Å². The van der Waals surface area contributed by atoms with Crippen molar-refractivity contribution in [2.45, 2.75) is 62.9 Å². The van der Waals surface area contributed by atoms with Crippen LogP contribution in [0.4, 0.5) is 0 Å². The minimum Gasteiger partial charge on any atom is -0.508 e. The van der Waals surface area contributed by atoms with E-state index in [0.717, 1.165) is 18.4 Å². The number of piperazine rings is 1. The Bertz CT molecular complexity index is 1330. The number of hydrogen-bond acceptors (Lipinski definition) is 8. The van der Waals surface area contributed by atoms with Crippen LogP contribution in [0.15, 0.2) is 48.5 Å². The lowest BCUT2D eigenvalue weighted by atomic mass is 9.94. The van der Waals surface area contributed by atoms with Crippen LogP contribution in [0.3, 0.4) is 0 Å². The van der Waals surface area contributed by atoms with E-state index in [1.165, 1.54) is 0 Å². The molecule has 3 amide bonds. The molecule has 0 radical (unpaired) electrons. The van der Waals surface area contributed by atoms with Crippen LogP contribution in [-0.4, -0.2) is 103 Å². The van der Waals surface area contributed by atoms with E-state index in [1.807, 2.05) is 18.2 Å². The van der Waals surface area contributed by atoms with Crippen molar-refractivity contribution >= 4 is 17.7 Å². The van der Waals surface area contributed by atoms with E-state index in [2.05, 4.69) is 15.5 Å².